The van der Waals surface area contributed by atoms with Crippen molar-refractivity contribution < 1.29 is 4.42 Å². The van der Waals surface area contributed by atoms with Crippen LogP contribution < -0.4 is 5.73 Å². The molecule has 0 unspecified atom stereocenters. The second-order valence-corrected chi connectivity index (χ2v) is 4.93. The Kier molecular flexibility index (Phi) is 2.31. The van der Waals surface area contributed by atoms with Crippen molar-refractivity contribution in [2.24, 2.45) is 5.73 Å². The van der Waals surface area contributed by atoms with Crippen LogP contribution in [-0.2, 0) is 12.0 Å². The fourth-order valence-electron chi connectivity index (χ4n) is 1.78. The number of hydrogen-bond donors (Lipinski definition) is 1. The van der Waals surface area contributed by atoms with Crippen molar-refractivity contribution in [1.29, 1.82) is 0 Å². The number of fused-ring (bicyclic) bond motifs is 1. The van der Waals surface area contributed by atoms with Gasteiger partial charge < -0.3 is 10.2 Å². The highest BCUT2D eigenvalue weighted by Gasteiger charge is 2.19. The monoisotopic (exact) mass is 203 g/mol. The van der Waals surface area contributed by atoms with Gasteiger partial charge in [0.2, 0.25) is 0 Å². The minimum absolute atomic E-state index is 0.121. The van der Waals surface area contributed by atoms with Crippen LogP contribution in [0.4, 0.5) is 0 Å². The topological polar surface area (TPSA) is 39.2 Å². The average Bonchev–Trinajstić information content (AvgIpc) is 2.59. The van der Waals surface area contributed by atoms with E-state index < -0.39 is 0 Å². The van der Waals surface area contributed by atoms with Crippen LogP contribution >= 0.6 is 0 Å². The maximum Gasteiger partial charge on any atom is 0.134 e. The predicted octanol–water partition coefficient (Wildman–Crippen LogP) is 3.19. The highest BCUT2D eigenvalue weighted by atomic mass is 16.3. The van der Waals surface area contributed by atoms with E-state index in [9.17, 15) is 0 Å². The van der Waals surface area contributed by atoms with Gasteiger partial charge in [0, 0.05) is 17.5 Å². The molecule has 15 heavy (non-hydrogen) atoms. The molecule has 2 heteroatoms. The molecule has 0 atom stereocenters. The Morgan fingerprint density at radius 1 is 1.27 bits per heavy atom. The van der Waals surface area contributed by atoms with Gasteiger partial charge in [-0.2, -0.15) is 0 Å². The van der Waals surface area contributed by atoms with Crippen molar-refractivity contribution in [1.82, 2.24) is 0 Å². The van der Waals surface area contributed by atoms with Gasteiger partial charge in [-0.25, -0.2) is 0 Å². The normalized spacial score (nSPS) is 12.3. The Morgan fingerprint density at radius 3 is 2.60 bits per heavy atom. The molecule has 0 bridgehead atoms. The zero-order valence-corrected chi connectivity index (χ0v) is 9.50. The molecule has 0 spiro atoms. The van der Waals surface area contributed by atoms with Crippen molar-refractivity contribution in [2.45, 2.75) is 32.7 Å². The van der Waals surface area contributed by atoms with E-state index in [1.54, 1.807) is 0 Å². The molecule has 0 saturated heterocycles. The fourth-order valence-corrected chi connectivity index (χ4v) is 1.78. The third-order valence-electron chi connectivity index (χ3n) is 2.68. The largest absolute Gasteiger partial charge is 0.464 e. The first-order valence-corrected chi connectivity index (χ1v) is 5.23. The third kappa shape index (κ3) is 1.77. The van der Waals surface area contributed by atoms with Crippen molar-refractivity contribution in [3.05, 3.63) is 35.6 Å². The lowest BCUT2D eigenvalue weighted by Gasteiger charge is -2.16. The van der Waals surface area contributed by atoms with E-state index in [1.807, 2.05) is 12.3 Å². The first kappa shape index (κ1) is 10.2. The summed E-state index contributed by atoms with van der Waals surface area (Å²) in [6.07, 6.45) is 1.85. The second-order valence-electron chi connectivity index (χ2n) is 4.93. The van der Waals surface area contributed by atoms with Crippen molar-refractivity contribution >= 4 is 11.0 Å². The molecule has 0 aliphatic rings. The first-order valence-electron chi connectivity index (χ1n) is 5.23. The zero-order chi connectivity index (χ0) is 11.1. The molecule has 0 saturated carbocycles. The summed E-state index contributed by atoms with van der Waals surface area (Å²) in [5, 5.41) is 1.19. The molecule has 0 amide bonds. The van der Waals surface area contributed by atoms with Gasteiger partial charge in [0.05, 0.1) is 6.26 Å². The Morgan fingerprint density at radius 2 is 2.00 bits per heavy atom. The van der Waals surface area contributed by atoms with Gasteiger partial charge in [-0.15, -0.1) is 0 Å². The van der Waals surface area contributed by atoms with Crippen LogP contribution in [0.3, 0.4) is 0 Å². The summed E-state index contributed by atoms with van der Waals surface area (Å²) in [5.74, 6) is 0. The van der Waals surface area contributed by atoms with E-state index in [4.69, 9.17) is 10.2 Å². The molecule has 0 radical (unpaired) electrons. The highest BCUT2D eigenvalue weighted by molar-refractivity contribution is 5.82. The molecular formula is C13H17NO. The standard InChI is InChI=1S/C13H17NO/c1-13(2,3)11-8-15-12-6-9(7-14)4-5-10(11)12/h4-6,8H,7,14H2,1-3H3. The molecule has 2 N–H and O–H groups in total. The van der Waals surface area contributed by atoms with Crippen molar-refractivity contribution in [3.63, 3.8) is 0 Å². The average molecular weight is 203 g/mol. The van der Waals surface area contributed by atoms with Crippen LogP contribution in [0.2, 0.25) is 0 Å². The number of furan rings is 1. The maximum atomic E-state index is 5.59. The smallest absolute Gasteiger partial charge is 0.134 e. The lowest BCUT2D eigenvalue weighted by atomic mass is 9.87. The minimum atomic E-state index is 0.121. The number of rotatable bonds is 1. The van der Waals surface area contributed by atoms with Gasteiger partial charge in [0.25, 0.3) is 0 Å². The van der Waals surface area contributed by atoms with E-state index in [0.717, 1.165) is 11.1 Å². The summed E-state index contributed by atoms with van der Waals surface area (Å²) in [6.45, 7) is 7.12. The van der Waals surface area contributed by atoms with Gasteiger partial charge in [-0.3, -0.25) is 0 Å². The van der Waals surface area contributed by atoms with Crippen LogP contribution in [0.1, 0.15) is 31.9 Å². The quantitative estimate of drug-likeness (QED) is 0.773. The van der Waals surface area contributed by atoms with E-state index >= 15 is 0 Å². The number of nitrogens with two attached hydrogens (primary N) is 1. The molecule has 0 aliphatic carbocycles. The second kappa shape index (κ2) is 3.38. The summed E-state index contributed by atoms with van der Waals surface area (Å²) in [6, 6.07) is 6.18. The van der Waals surface area contributed by atoms with Crippen molar-refractivity contribution in [2.75, 3.05) is 0 Å². The third-order valence-corrected chi connectivity index (χ3v) is 2.68. The molecule has 2 aromatic rings. The Hall–Kier alpha value is -1.28. The van der Waals surface area contributed by atoms with Gasteiger partial charge in [-0.1, -0.05) is 32.9 Å². The lowest BCUT2D eigenvalue weighted by molar-refractivity contribution is 0.557. The first-order chi connectivity index (χ1) is 7.02. The molecule has 1 aromatic heterocycles. The molecule has 1 aromatic carbocycles. The number of benzene rings is 1. The van der Waals surface area contributed by atoms with Crippen LogP contribution in [0.5, 0.6) is 0 Å². The lowest BCUT2D eigenvalue weighted by Crippen LogP contribution is -2.09. The van der Waals surface area contributed by atoms with E-state index in [0.29, 0.717) is 6.54 Å². The summed E-state index contributed by atoms with van der Waals surface area (Å²) in [7, 11) is 0. The van der Waals surface area contributed by atoms with Gasteiger partial charge in [0.1, 0.15) is 5.58 Å². The Bertz CT molecular complexity index is 477. The molecule has 2 nitrogen and oxygen atoms in total. The van der Waals surface area contributed by atoms with Crippen LogP contribution in [0.15, 0.2) is 28.9 Å². The maximum absolute atomic E-state index is 5.59. The highest BCUT2D eigenvalue weighted by Crippen LogP contribution is 2.31. The molecule has 0 aliphatic heterocycles. The number of hydrogen-bond acceptors (Lipinski definition) is 2. The van der Waals surface area contributed by atoms with Crippen LogP contribution in [0, 0.1) is 0 Å². The van der Waals surface area contributed by atoms with Crippen LogP contribution in [-0.4, -0.2) is 0 Å². The Balaban J connectivity index is 2.62. The summed E-state index contributed by atoms with van der Waals surface area (Å²) in [4.78, 5) is 0. The van der Waals surface area contributed by atoms with Gasteiger partial charge in [0.15, 0.2) is 0 Å². The minimum Gasteiger partial charge on any atom is -0.464 e. The van der Waals surface area contributed by atoms with E-state index in [-0.39, 0.29) is 5.41 Å². The summed E-state index contributed by atoms with van der Waals surface area (Å²) >= 11 is 0. The molecular weight excluding hydrogens is 186 g/mol. The predicted molar refractivity (Wildman–Crippen MR) is 62.8 cm³/mol. The summed E-state index contributed by atoms with van der Waals surface area (Å²) in [5.41, 5.74) is 9.01. The van der Waals surface area contributed by atoms with Crippen LogP contribution in [0.25, 0.3) is 11.0 Å². The SMILES string of the molecule is CC(C)(C)c1coc2cc(CN)ccc12. The van der Waals surface area contributed by atoms with Gasteiger partial charge >= 0.3 is 0 Å². The molecule has 2 rings (SSSR count). The summed E-state index contributed by atoms with van der Waals surface area (Å²) < 4.78 is 5.56. The van der Waals surface area contributed by atoms with E-state index in [2.05, 4.69) is 32.9 Å². The fraction of sp³-hybridized carbons (Fsp3) is 0.385. The molecule has 0 fully saturated rings. The van der Waals surface area contributed by atoms with Gasteiger partial charge in [-0.05, 0) is 17.0 Å². The van der Waals surface area contributed by atoms with Crippen molar-refractivity contribution in [3.8, 4) is 0 Å². The molecule has 1 heterocycles. The zero-order valence-electron chi connectivity index (χ0n) is 9.50. The Labute approximate surface area is 90.1 Å². The molecule has 80 valence electrons. The van der Waals surface area contributed by atoms with E-state index in [1.165, 1.54) is 10.9 Å².